The van der Waals surface area contributed by atoms with Gasteiger partial charge in [-0.25, -0.2) is 5.43 Å². The number of carbonyl (C=O) groups is 2. The normalized spacial score (nSPS) is 15.3. The molecule has 0 bridgehead atoms. The maximum Gasteiger partial charge on any atom is 0.259 e. The summed E-state index contributed by atoms with van der Waals surface area (Å²) in [5.41, 5.74) is 3.22. The minimum Gasteiger partial charge on any atom is -0.497 e. The van der Waals surface area contributed by atoms with Crippen molar-refractivity contribution in [1.82, 2.24) is 10.7 Å². The zero-order chi connectivity index (χ0) is 16.5. The number of nitrogens with zero attached hydrogens (tertiary/aromatic N) is 1. The topological polar surface area (TPSA) is 79.8 Å². The number of carbonyl (C=O) groups excluding carboxylic acids is 2. The van der Waals surface area contributed by atoms with Crippen LogP contribution in [0.3, 0.4) is 0 Å². The summed E-state index contributed by atoms with van der Waals surface area (Å²) in [5.74, 6) is 0.404. The average Bonchev–Trinajstić information content (AvgIpc) is 2.60. The molecule has 0 saturated heterocycles. The van der Waals surface area contributed by atoms with Crippen LogP contribution in [0.15, 0.2) is 29.4 Å². The maximum absolute atomic E-state index is 11.9. The van der Waals surface area contributed by atoms with Crippen LogP contribution in [0.1, 0.15) is 37.7 Å². The summed E-state index contributed by atoms with van der Waals surface area (Å²) in [6, 6.07) is 7.33. The van der Waals surface area contributed by atoms with Gasteiger partial charge in [0.1, 0.15) is 5.75 Å². The summed E-state index contributed by atoms with van der Waals surface area (Å²) in [6.45, 7) is -0.0508. The smallest absolute Gasteiger partial charge is 0.259 e. The Bertz CT molecular complexity index is 566. The Morgan fingerprint density at radius 3 is 2.83 bits per heavy atom. The van der Waals surface area contributed by atoms with E-state index >= 15 is 0 Å². The molecule has 1 aliphatic carbocycles. The third-order valence-corrected chi connectivity index (χ3v) is 3.90. The van der Waals surface area contributed by atoms with Crippen LogP contribution in [0.2, 0.25) is 0 Å². The predicted molar refractivity (Wildman–Crippen MR) is 88.3 cm³/mol. The van der Waals surface area contributed by atoms with Gasteiger partial charge in [-0.1, -0.05) is 31.4 Å². The molecule has 23 heavy (non-hydrogen) atoms. The van der Waals surface area contributed by atoms with Crippen molar-refractivity contribution in [2.45, 2.75) is 32.1 Å². The second-order valence-corrected chi connectivity index (χ2v) is 5.62. The Balaban J connectivity index is 1.71. The third-order valence-electron chi connectivity index (χ3n) is 3.90. The molecule has 2 rings (SSSR count). The summed E-state index contributed by atoms with van der Waals surface area (Å²) in [5, 5.41) is 6.55. The van der Waals surface area contributed by atoms with Gasteiger partial charge in [-0.3, -0.25) is 9.59 Å². The van der Waals surface area contributed by atoms with Crippen molar-refractivity contribution >= 4 is 18.0 Å². The lowest BCUT2D eigenvalue weighted by Gasteiger charge is -2.20. The van der Waals surface area contributed by atoms with Gasteiger partial charge >= 0.3 is 0 Å². The molecular weight excluding hydrogens is 294 g/mol. The number of nitrogens with one attached hydrogen (secondary N) is 2. The lowest BCUT2D eigenvalue weighted by molar-refractivity contribution is -0.129. The molecule has 1 fully saturated rings. The first-order chi connectivity index (χ1) is 11.2. The van der Waals surface area contributed by atoms with Crippen LogP contribution in [0.5, 0.6) is 5.75 Å². The number of rotatable bonds is 6. The minimum absolute atomic E-state index is 0.0309. The predicted octanol–water partition coefficient (Wildman–Crippen LogP) is 1.84. The average molecular weight is 317 g/mol. The van der Waals surface area contributed by atoms with E-state index in [1.165, 1.54) is 12.6 Å². The van der Waals surface area contributed by atoms with Gasteiger partial charge in [0.25, 0.3) is 5.91 Å². The lowest BCUT2D eigenvalue weighted by atomic mass is 9.89. The highest BCUT2D eigenvalue weighted by molar-refractivity contribution is 5.87. The van der Waals surface area contributed by atoms with Gasteiger partial charge in [0, 0.05) is 5.92 Å². The summed E-state index contributed by atoms with van der Waals surface area (Å²) >= 11 is 0. The van der Waals surface area contributed by atoms with Gasteiger partial charge in [-0.15, -0.1) is 0 Å². The largest absolute Gasteiger partial charge is 0.497 e. The maximum atomic E-state index is 11.9. The molecule has 1 aromatic rings. The number of hydrogen-bond acceptors (Lipinski definition) is 4. The Kier molecular flexibility index (Phi) is 6.59. The number of methoxy groups -OCH3 is 1. The number of amides is 2. The van der Waals surface area contributed by atoms with E-state index in [0.29, 0.717) is 0 Å². The van der Waals surface area contributed by atoms with Crippen molar-refractivity contribution in [3.63, 3.8) is 0 Å². The van der Waals surface area contributed by atoms with Crippen molar-refractivity contribution in [1.29, 1.82) is 0 Å². The molecule has 1 saturated carbocycles. The quantitative estimate of drug-likeness (QED) is 0.620. The summed E-state index contributed by atoms with van der Waals surface area (Å²) < 4.78 is 5.11. The van der Waals surface area contributed by atoms with E-state index < -0.39 is 0 Å². The van der Waals surface area contributed by atoms with Crippen molar-refractivity contribution < 1.29 is 14.3 Å². The van der Waals surface area contributed by atoms with Gasteiger partial charge in [-0.05, 0) is 30.5 Å². The Morgan fingerprint density at radius 1 is 1.30 bits per heavy atom. The number of ether oxygens (including phenoxy) is 1. The second-order valence-electron chi connectivity index (χ2n) is 5.62. The van der Waals surface area contributed by atoms with Crippen LogP contribution in [-0.2, 0) is 9.59 Å². The van der Waals surface area contributed by atoms with Crippen molar-refractivity contribution in [2.24, 2.45) is 11.0 Å². The van der Waals surface area contributed by atoms with Crippen molar-refractivity contribution in [3.05, 3.63) is 29.8 Å². The molecule has 6 heteroatoms. The van der Waals surface area contributed by atoms with Crippen LogP contribution < -0.4 is 15.5 Å². The first-order valence-corrected chi connectivity index (χ1v) is 7.92. The number of hydrazone groups is 1. The van der Waals surface area contributed by atoms with Crippen LogP contribution in [-0.4, -0.2) is 31.7 Å². The monoisotopic (exact) mass is 317 g/mol. The van der Waals surface area contributed by atoms with E-state index in [2.05, 4.69) is 15.8 Å². The van der Waals surface area contributed by atoms with Crippen LogP contribution >= 0.6 is 0 Å². The SMILES string of the molecule is COc1cccc(/C=N/NC(=O)CNC(=O)C2CCCCC2)c1. The molecule has 124 valence electrons. The summed E-state index contributed by atoms with van der Waals surface area (Å²) in [4.78, 5) is 23.6. The molecule has 0 atom stereocenters. The highest BCUT2D eigenvalue weighted by Gasteiger charge is 2.21. The molecule has 0 unspecified atom stereocenters. The Morgan fingerprint density at radius 2 is 2.09 bits per heavy atom. The molecule has 0 aromatic heterocycles. The van der Waals surface area contributed by atoms with E-state index in [1.807, 2.05) is 18.2 Å². The molecular formula is C17H23N3O3. The molecule has 6 nitrogen and oxygen atoms in total. The van der Waals surface area contributed by atoms with Crippen molar-refractivity contribution in [3.8, 4) is 5.75 Å². The Hall–Kier alpha value is -2.37. The van der Waals surface area contributed by atoms with E-state index in [1.54, 1.807) is 13.2 Å². The van der Waals surface area contributed by atoms with E-state index in [4.69, 9.17) is 4.74 Å². The fraction of sp³-hybridized carbons (Fsp3) is 0.471. The molecule has 2 amide bonds. The van der Waals surface area contributed by atoms with Crippen molar-refractivity contribution in [2.75, 3.05) is 13.7 Å². The third kappa shape index (κ3) is 5.73. The number of hydrogen-bond donors (Lipinski definition) is 2. The first-order valence-electron chi connectivity index (χ1n) is 7.92. The zero-order valence-corrected chi connectivity index (χ0v) is 13.4. The second kappa shape index (κ2) is 8.92. The fourth-order valence-corrected chi connectivity index (χ4v) is 2.62. The molecule has 1 aliphatic rings. The van der Waals surface area contributed by atoms with Gasteiger partial charge in [0.2, 0.25) is 5.91 Å². The molecule has 0 spiro atoms. The zero-order valence-electron chi connectivity index (χ0n) is 13.4. The van der Waals surface area contributed by atoms with E-state index in [-0.39, 0.29) is 24.3 Å². The molecule has 0 aliphatic heterocycles. The molecule has 0 heterocycles. The molecule has 2 N–H and O–H groups in total. The highest BCUT2D eigenvalue weighted by Crippen LogP contribution is 2.23. The first kappa shape index (κ1) is 17.0. The minimum atomic E-state index is -0.340. The fourth-order valence-electron chi connectivity index (χ4n) is 2.62. The van der Waals surface area contributed by atoms with Crippen LogP contribution in [0.4, 0.5) is 0 Å². The molecule has 0 radical (unpaired) electrons. The lowest BCUT2D eigenvalue weighted by Crippen LogP contribution is -2.38. The summed E-state index contributed by atoms with van der Waals surface area (Å²) in [6.07, 6.45) is 6.75. The van der Waals surface area contributed by atoms with E-state index in [0.717, 1.165) is 37.0 Å². The number of benzene rings is 1. The van der Waals surface area contributed by atoms with Crippen LogP contribution in [0.25, 0.3) is 0 Å². The Labute approximate surface area is 136 Å². The highest BCUT2D eigenvalue weighted by atomic mass is 16.5. The van der Waals surface area contributed by atoms with Crippen LogP contribution in [0, 0.1) is 5.92 Å². The van der Waals surface area contributed by atoms with Gasteiger partial charge < -0.3 is 10.1 Å². The van der Waals surface area contributed by atoms with Gasteiger partial charge in [-0.2, -0.15) is 5.10 Å². The van der Waals surface area contributed by atoms with Gasteiger partial charge in [0.05, 0.1) is 19.9 Å². The van der Waals surface area contributed by atoms with Gasteiger partial charge in [0.15, 0.2) is 0 Å². The van der Waals surface area contributed by atoms with E-state index in [9.17, 15) is 9.59 Å². The summed E-state index contributed by atoms with van der Waals surface area (Å²) in [7, 11) is 1.59. The standard InChI is InChI=1S/C17H23N3O3/c1-23-15-9-5-6-13(10-15)11-19-20-16(21)12-18-17(22)14-7-3-2-4-8-14/h5-6,9-11,14H,2-4,7-8,12H2,1H3,(H,18,22)(H,20,21)/b19-11+. The molecule has 1 aromatic carbocycles.